The van der Waals surface area contributed by atoms with Crippen LogP contribution in [0, 0.1) is 0 Å². The van der Waals surface area contributed by atoms with Gasteiger partial charge in [0.2, 0.25) is 0 Å². The molecule has 1 atom stereocenters. The second-order valence-corrected chi connectivity index (χ2v) is 33.7. The van der Waals surface area contributed by atoms with Crippen molar-refractivity contribution in [1.29, 1.82) is 0 Å². The number of hydrogen-bond acceptors (Lipinski definition) is 1. The van der Waals surface area contributed by atoms with Gasteiger partial charge in [0.25, 0.3) is 0 Å². The zero-order valence-corrected chi connectivity index (χ0v) is 21.0. The van der Waals surface area contributed by atoms with Crippen molar-refractivity contribution in [3.05, 3.63) is 0 Å². The summed E-state index contributed by atoms with van der Waals surface area (Å²) < 4.78 is 4.91. The molecular weight excluding hydrogens is 325 g/mol. The van der Waals surface area contributed by atoms with E-state index < -0.39 is 32.6 Å². The van der Waals surface area contributed by atoms with Crippen LogP contribution >= 0.6 is 7.32 Å². The molecule has 0 spiro atoms. The molecular formula is C14H38NPSi4. The van der Waals surface area contributed by atoms with Crippen molar-refractivity contribution >= 4 is 50.8 Å². The molecule has 0 heterocycles. The van der Waals surface area contributed by atoms with E-state index in [9.17, 15) is 0 Å². The first-order valence-corrected chi connectivity index (χ1v) is 23.1. The van der Waals surface area contributed by atoms with Crippen molar-refractivity contribution in [2.75, 3.05) is 0 Å². The van der Waals surface area contributed by atoms with Crippen molar-refractivity contribution in [3.8, 4) is 0 Å². The Balaban J connectivity index is 6.42. The van der Waals surface area contributed by atoms with Crippen molar-refractivity contribution in [2.24, 2.45) is 0 Å². The SMILES string of the molecule is C=P(=C([Si](C)(C)C)[Si](C)(C)C)N([Si](C)(C)C)[Si](C)(C)C. The summed E-state index contributed by atoms with van der Waals surface area (Å²) in [6, 6.07) is 0. The Morgan fingerprint density at radius 2 is 0.900 bits per heavy atom. The Morgan fingerprint density at radius 3 is 1.05 bits per heavy atom. The average Bonchev–Trinajstić information content (AvgIpc) is 1.88. The maximum atomic E-state index is 4.80. The third-order valence-corrected chi connectivity index (χ3v) is 28.7. The van der Waals surface area contributed by atoms with Gasteiger partial charge in [-0.1, -0.05) is 96.7 Å². The first-order valence-electron chi connectivity index (χ1n) is 7.69. The fourth-order valence-electron chi connectivity index (χ4n) is 3.73. The second kappa shape index (κ2) is 6.17. The molecule has 0 rings (SSSR count). The number of nitrogens with zero attached hydrogens (tertiary/aromatic N) is 1. The molecule has 0 amide bonds. The lowest BCUT2D eigenvalue weighted by Gasteiger charge is -2.45. The van der Waals surface area contributed by atoms with Gasteiger partial charge < -0.3 is 4.00 Å². The van der Waals surface area contributed by atoms with Gasteiger partial charge in [-0.05, 0) is 0 Å². The molecule has 20 heavy (non-hydrogen) atoms. The molecule has 0 aromatic heterocycles. The van der Waals surface area contributed by atoms with E-state index in [1.807, 2.05) is 4.54 Å². The Bertz CT molecular complexity index is 394. The fourth-order valence-corrected chi connectivity index (χ4v) is 35.4. The van der Waals surface area contributed by atoms with Gasteiger partial charge in [-0.15, -0.1) is 0 Å². The highest BCUT2D eigenvalue weighted by atomic mass is 31.1. The minimum Gasteiger partial charge on any atom is -0.304 e. The monoisotopic (exact) mass is 363 g/mol. The predicted molar refractivity (Wildman–Crippen MR) is 114 cm³/mol. The molecule has 6 heteroatoms. The van der Waals surface area contributed by atoms with Gasteiger partial charge in [0.05, 0.1) is 16.1 Å². The Morgan fingerprint density at radius 1 is 0.650 bits per heavy atom. The van der Waals surface area contributed by atoms with Crippen LogP contribution in [0.5, 0.6) is 0 Å². The van der Waals surface area contributed by atoms with Gasteiger partial charge in [-0.3, -0.25) is 0 Å². The molecule has 120 valence electrons. The van der Waals surface area contributed by atoms with Gasteiger partial charge in [-0.2, -0.15) is 0 Å². The van der Waals surface area contributed by atoms with E-state index in [0.29, 0.717) is 0 Å². The van der Waals surface area contributed by atoms with Gasteiger partial charge in [0, 0.05) is 0 Å². The standard InChI is InChI=1S/C14H38NPSi4/c1-16(14(17(2,3)4)18(5,6)7)15(19(8,9)10)20(11,12)13/h1H2,2-13H3. The average molecular weight is 364 g/mol. The van der Waals surface area contributed by atoms with Gasteiger partial charge in [0.1, 0.15) is 16.5 Å². The van der Waals surface area contributed by atoms with E-state index in [4.69, 9.17) is 6.30 Å². The summed E-state index contributed by atoms with van der Waals surface area (Å²) in [5.74, 6) is 0. The molecule has 0 saturated carbocycles. The third-order valence-electron chi connectivity index (χ3n) is 3.19. The zero-order valence-electron chi connectivity index (χ0n) is 16.1. The Hall–Kier alpha value is 0.868. The van der Waals surface area contributed by atoms with Crippen LogP contribution in [0.4, 0.5) is 0 Å². The summed E-state index contributed by atoms with van der Waals surface area (Å²) in [6.07, 6.45) is 4.80. The molecule has 0 aliphatic heterocycles. The van der Waals surface area contributed by atoms with E-state index in [-0.39, 0.29) is 7.32 Å². The van der Waals surface area contributed by atoms with Crippen LogP contribution in [0.3, 0.4) is 0 Å². The summed E-state index contributed by atoms with van der Waals surface area (Å²) in [7, 11) is -5.47. The van der Waals surface area contributed by atoms with Crippen LogP contribution < -0.4 is 0 Å². The van der Waals surface area contributed by atoms with Gasteiger partial charge >= 0.3 is 0 Å². The van der Waals surface area contributed by atoms with E-state index in [1.165, 1.54) is 0 Å². The number of rotatable bonds is 5. The maximum Gasteiger partial charge on any atom is 0.120 e. The second-order valence-electron chi connectivity index (χ2n) is 9.90. The maximum absolute atomic E-state index is 4.80. The van der Waals surface area contributed by atoms with Crippen LogP contribution in [0.2, 0.25) is 78.6 Å². The molecule has 0 aliphatic carbocycles. The van der Waals surface area contributed by atoms with Crippen molar-refractivity contribution < 1.29 is 0 Å². The highest BCUT2D eigenvalue weighted by Crippen LogP contribution is 2.36. The summed E-state index contributed by atoms with van der Waals surface area (Å²) in [6.45, 7) is 30.3. The Kier molecular flexibility index (Phi) is 6.43. The lowest BCUT2D eigenvalue weighted by molar-refractivity contribution is 0.996. The van der Waals surface area contributed by atoms with Crippen molar-refractivity contribution in [2.45, 2.75) is 78.6 Å². The fraction of sp³-hybridized carbons (Fsp3) is 0.857. The Labute approximate surface area is 133 Å². The molecule has 0 N–H and O–H groups in total. The minimum atomic E-state index is -1.32. The quantitative estimate of drug-likeness (QED) is 0.446. The van der Waals surface area contributed by atoms with Crippen LogP contribution in [0.15, 0.2) is 0 Å². The van der Waals surface area contributed by atoms with E-state index in [2.05, 4.69) is 82.6 Å². The summed E-state index contributed by atoms with van der Waals surface area (Å²) in [5, 5.41) is 0. The topological polar surface area (TPSA) is 3.24 Å². The normalized spacial score (nSPS) is 15.6. The molecule has 0 aromatic carbocycles. The largest absolute Gasteiger partial charge is 0.304 e. The van der Waals surface area contributed by atoms with Gasteiger partial charge in [-0.25, -0.2) is 0 Å². The lowest BCUT2D eigenvalue weighted by Crippen LogP contribution is -2.57. The molecule has 0 radical (unpaired) electrons. The molecule has 0 bridgehead atoms. The van der Waals surface area contributed by atoms with Gasteiger partial charge in [0.15, 0.2) is 0 Å². The highest BCUT2D eigenvalue weighted by Gasteiger charge is 2.39. The van der Waals surface area contributed by atoms with Crippen LogP contribution in [0.25, 0.3) is 0 Å². The molecule has 0 saturated heterocycles. The van der Waals surface area contributed by atoms with Crippen molar-refractivity contribution in [1.82, 2.24) is 4.00 Å². The molecule has 1 unspecified atom stereocenters. The molecule has 0 aliphatic rings. The van der Waals surface area contributed by atoms with E-state index in [0.717, 1.165) is 0 Å². The predicted octanol–water partition coefficient (Wildman–Crippen LogP) is 5.71. The highest BCUT2D eigenvalue weighted by molar-refractivity contribution is 7.73. The minimum absolute atomic E-state index is 0.313. The number of hydrogen-bond donors (Lipinski definition) is 0. The van der Waals surface area contributed by atoms with E-state index in [1.54, 1.807) is 0 Å². The smallest absolute Gasteiger partial charge is 0.120 e. The lowest BCUT2D eigenvalue weighted by atomic mass is 11.7. The van der Waals surface area contributed by atoms with Crippen molar-refractivity contribution in [3.63, 3.8) is 0 Å². The molecule has 1 nitrogen and oxygen atoms in total. The molecule has 0 fully saturated rings. The van der Waals surface area contributed by atoms with Crippen LogP contribution in [0.1, 0.15) is 0 Å². The van der Waals surface area contributed by atoms with Crippen LogP contribution in [-0.2, 0) is 0 Å². The first-order chi connectivity index (χ1) is 8.40. The van der Waals surface area contributed by atoms with E-state index >= 15 is 0 Å². The first kappa shape index (κ1) is 20.9. The summed E-state index contributed by atoms with van der Waals surface area (Å²) >= 11 is 0. The zero-order chi connectivity index (χ0) is 16.7. The third kappa shape index (κ3) is 5.58. The van der Waals surface area contributed by atoms with Crippen LogP contribution in [-0.4, -0.2) is 47.5 Å². The summed E-state index contributed by atoms with van der Waals surface area (Å²) in [5.41, 5.74) is 0. The molecule has 0 aromatic rings. The summed E-state index contributed by atoms with van der Waals surface area (Å²) in [4.78, 5) is 0.